The van der Waals surface area contributed by atoms with Crippen LogP contribution < -0.4 is 10.5 Å². The number of nitrogens with two attached hydrogens (primary N) is 1. The molecule has 0 amide bonds. The number of thiocarbonyl (C=S) groups is 1. The second-order valence-corrected chi connectivity index (χ2v) is 4.68. The first-order valence-corrected chi connectivity index (χ1v) is 5.76. The summed E-state index contributed by atoms with van der Waals surface area (Å²) in [5, 5.41) is 0. The number of pyridine rings is 1. The van der Waals surface area contributed by atoms with E-state index in [0.29, 0.717) is 16.8 Å². The minimum absolute atomic E-state index is 0.0856. The fourth-order valence-corrected chi connectivity index (χ4v) is 1.48. The quantitative estimate of drug-likeness (QED) is 0.819. The van der Waals surface area contributed by atoms with Crippen LogP contribution in [0.3, 0.4) is 0 Å². The summed E-state index contributed by atoms with van der Waals surface area (Å²) in [5.41, 5.74) is 7.41. The van der Waals surface area contributed by atoms with Gasteiger partial charge in [0.05, 0.1) is 11.7 Å². The monoisotopic (exact) mass is 238 g/mol. The number of ether oxygens (including phenoxy) is 1. The Hall–Kier alpha value is -1.16. The number of aryl methyl sites for hydroxylation is 1. The first-order valence-electron chi connectivity index (χ1n) is 5.35. The molecular formula is C12H18N2OS. The average molecular weight is 238 g/mol. The summed E-state index contributed by atoms with van der Waals surface area (Å²) in [7, 11) is 0. The number of hydrogen-bond donors (Lipinski definition) is 1. The van der Waals surface area contributed by atoms with E-state index in [9.17, 15) is 0 Å². The van der Waals surface area contributed by atoms with E-state index in [1.807, 2.05) is 19.9 Å². The zero-order chi connectivity index (χ0) is 12.3. The van der Waals surface area contributed by atoms with E-state index in [0.717, 1.165) is 11.1 Å². The van der Waals surface area contributed by atoms with Crippen LogP contribution >= 0.6 is 12.2 Å². The maximum absolute atomic E-state index is 5.77. The number of nitrogens with zero attached hydrogens (tertiary/aromatic N) is 1. The van der Waals surface area contributed by atoms with Crippen LogP contribution in [0.15, 0.2) is 12.3 Å². The SMILES string of the molecule is Cc1ccnc(OC(C)C(C)C)c1C(N)=S. The largest absolute Gasteiger partial charge is 0.474 e. The molecule has 0 aliphatic rings. The van der Waals surface area contributed by atoms with Gasteiger partial charge in [-0.05, 0) is 31.4 Å². The lowest BCUT2D eigenvalue weighted by molar-refractivity contribution is 0.163. The van der Waals surface area contributed by atoms with E-state index in [1.165, 1.54) is 0 Å². The molecule has 3 nitrogen and oxygen atoms in total. The average Bonchev–Trinajstić information content (AvgIpc) is 2.16. The zero-order valence-electron chi connectivity index (χ0n) is 10.2. The fraction of sp³-hybridized carbons (Fsp3) is 0.500. The normalized spacial score (nSPS) is 12.6. The highest BCUT2D eigenvalue weighted by Gasteiger charge is 2.15. The highest BCUT2D eigenvalue weighted by atomic mass is 32.1. The molecule has 1 atom stereocenters. The van der Waals surface area contributed by atoms with Gasteiger partial charge in [0.15, 0.2) is 0 Å². The van der Waals surface area contributed by atoms with Crippen molar-refractivity contribution in [3.8, 4) is 5.88 Å². The minimum atomic E-state index is 0.0856. The molecule has 1 unspecified atom stereocenters. The van der Waals surface area contributed by atoms with Crippen molar-refractivity contribution in [1.29, 1.82) is 0 Å². The van der Waals surface area contributed by atoms with Gasteiger partial charge in [0.2, 0.25) is 5.88 Å². The fourth-order valence-electron chi connectivity index (χ4n) is 1.23. The lowest BCUT2D eigenvalue weighted by Gasteiger charge is -2.19. The zero-order valence-corrected chi connectivity index (χ0v) is 11.0. The Morgan fingerprint density at radius 3 is 2.56 bits per heavy atom. The van der Waals surface area contributed by atoms with E-state index >= 15 is 0 Å². The molecule has 1 aromatic heterocycles. The van der Waals surface area contributed by atoms with Gasteiger partial charge in [-0.25, -0.2) is 4.98 Å². The number of hydrogen-bond acceptors (Lipinski definition) is 3. The van der Waals surface area contributed by atoms with Crippen LogP contribution in [0.2, 0.25) is 0 Å². The van der Waals surface area contributed by atoms with Crippen molar-refractivity contribution in [2.45, 2.75) is 33.8 Å². The number of rotatable bonds is 4. The summed E-state index contributed by atoms with van der Waals surface area (Å²) in [6, 6.07) is 1.88. The van der Waals surface area contributed by atoms with Crippen LogP contribution in [0.1, 0.15) is 31.9 Å². The van der Waals surface area contributed by atoms with E-state index in [4.69, 9.17) is 22.7 Å². The van der Waals surface area contributed by atoms with Crippen molar-refractivity contribution in [3.05, 3.63) is 23.4 Å². The van der Waals surface area contributed by atoms with Crippen molar-refractivity contribution < 1.29 is 4.74 Å². The van der Waals surface area contributed by atoms with E-state index in [-0.39, 0.29) is 6.10 Å². The predicted octanol–water partition coefficient (Wildman–Crippen LogP) is 2.45. The Morgan fingerprint density at radius 1 is 1.44 bits per heavy atom. The molecule has 1 rings (SSSR count). The third kappa shape index (κ3) is 2.92. The van der Waals surface area contributed by atoms with Gasteiger partial charge in [-0.1, -0.05) is 26.1 Å². The summed E-state index contributed by atoms with van der Waals surface area (Å²) in [5.74, 6) is 0.954. The van der Waals surface area contributed by atoms with Gasteiger partial charge in [0.1, 0.15) is 4.99 Å². The second kappa shape index (κ2) is 5.25. The van der Waals surface area contributed by atoms with Gasteiger partial charge in [-0.3, -0.25) is 0 Å². The van der Waals surface area contributed by atoms with Gasteiger partial charge >= 0.3 is 0 Å². The van der Waals surface area contributed by atoms with Crippen LogP contribution in [-0.4, -0.2) is 16.1 Å². The molecule has 16 heavy (non-hydrogen) atoms. The molecule has 0 aromatic carbocycles. The Bertz CT molecular complexity index is 391. The van der Waals surface area contributed by atoms with Crippen molar-refractivity contribution in [1.82, 2.24) is 4.98 Å². The molecule has 1 heterocycles. The molecule has 88 valence electrons. The van der Waals surface area contributed by atoms with E-state index < -0.39 is 0 Å². The second-order valence-electron chi connectivity index (χ2n) is 4.24. The Morgan fingerprint density at radius 2 is 2.06 bits per heavy atom. The molecule has 1 aromatic rings. The lowest BCUT2D eigenvalue weighted by atomic mass is 10.1. The maximum Gasteiger partial charge on any atom is 0.224 e. The first kappa shape index (κ1) is 12.9. The van der Waals surface area contributed by atoms with E-state index in [2.05, 4.69) is 18.8 Å². The molecule has 0 saturated heterocycles. The van der Waals surface area contributed by atoms with Crippen LogP contribution in [0.4, 0.5) is 0 Å². The van der Waals surface area contributed by atoms with Crippen LogP contribution in [0, 0.1) is 12.8 Å². The summed E-state index contributed by atoms with van der Waals surface area (Å²) < 4.78 is 5.77. The molecule has 0 aliphatic carbocycles. The molecule has 0 spiro atoms. The van der Waals surface area contributed by atoms with Gasteiger partial charge in [0.25, 0.3) is 0 Å². The molecule has 2 N–H and O–H groups in total. The minimum Gasteiger partial charge on any atom is -0.474 e. The van der Waals surface area contributed by atoms with Crippen LogP contribution in [-0.2, 0) is 0 Å². The van der Waals surface area contributed by atoms with Crippen molar-refractivity contribution in [3.63, 3.8) is 0 Å². The highest BCUT2D eigenvalue weighted by molar-refractivity contribution is 7.80. The topological polar surface area (TPSA) is 48.1 Å². The van der Waals surface area contributed by atoms with Gasteiger partial charge in [0, 0.05) is 6.20 Å². The first-order chi connectivity index (χ1) is 7.43. The van der Waals surface area contributed by atoms with Crippen molar-refractivity contribution in [2.75, 3.05) is 0 Å². The molecule has 4 heteroatoms. The molecule has 0 fully saturated rings. The predicted molar refractivity (Wildman–Crippen MR) is 69.8 cm³/mol. The summed E-state index contributed by atoms with van der Waals surface area (Å²) in [6.45, 7) is 8.16. The Labute approximate surface area is 102 Å². The molecule has 0 radical (unpaired) electrons. The molecule has 0 saturated carbocycles. The summed E-state index contributed by atoms with van der Waals surface area (Å²) in [4.78, 5) is 4.52. The number of aromatic nitrogens is 1. The third-order valence-corrected chi connectivity index (χ3v) is 2.81. The van der Waals surface area contributed by atoms with E-state index in [1.54, 1.807) is 6.20 Å². The standard InChI is InChI=1S/C12H18N2OS/c1-7(2)9(4)15-12-10(11(13)16)8(3)5-6-14-12/h5-7,9H,1-4H3,(H2,13,16). The molecule has 0 aliphatic heterocycles. The molecular weight excluding hydrogens is 220 g/mol. The van der Waals surface area contributed by atoms with Crippen LogP contribution in [0.25, 0.3) is 0 Å². The van der Waals surface area contributed by atoms with Crippen molar-refractivity contribution in [2.24, 2.45) is 11.7 Å². The van der Waals surface area contributed by atoms with Gasteiger partial charge in [-0.15, -0.1) is 0 Å². The Kier molecular flexibility index (Phi) is 4.24. The smallest absolute Gasteiger partial charge is 0.224 e. The van der Waals surface area contributed by atoms with Gasteiger partial charge in [-0.2, -0.15) is 0 Å². The van der Waals surface area contributed by atoms with Crippen LogP contribution in [0.5, 0.6) is 5.88 Å². The van der Waals surface area contributed by atoms with Crippen molar-refractivity contribution >= 4 is 17.2 Å². The maximum atomic E-state index is 5.77. The highest BCUT2D eigenvalue weighted by Crippen LogP contribution is 2.21. The summed E-state index contributed by atoms with van der Waals surface area (Å²) in [6.07, 6.45) is 1.79. The molecule has 0 bridgehead atoms. The Balaban J connectivity index is 3.04. The lowest BCUT2D eigenvalue weighted by Crippen LogP contribution is -2.22. The third-order valence-electron chi connectivity index (χ3n) is 2.61. The van der Waals surface area contributed by atoms with Gasteiger partial charge < -0.3 is 10.5 Å². The summed E-state index contributed by atoms with van der Waals surface area (Å²) >= 11 is 5.01.